The standard InChI is InChI=1S/C38H61N33O2S3/c1-3-75-37-60-24(41)59-28(69-37)46-12-15-51-35-68-36(71-38(70-35)76-19-5-39)52-16-14-50-33-65-32(66-34(67-33)53-17-18-74)48-10-8-44-26-55-20-54-25(61-26)43-7-9-47-30-62-29(42-6-4-22(72)73)63-31(64-30)49-13-11-45-27-57-21(2)56-23(40)58-27/h20,74H,3-19,39H2,1-2H3,(H,72,73)(H3,40,45,56,57,58)(H3,41,46,59,60,69)(H2,43,44,54,55,61)(H2,51,52,68,70,71)(H3,42,47,49,62,63,64)(H3,48,50,53,65,66,67). The first-order valence-electron chi connectivity index (χ1n) is 23.6. The Labute approximate surface area is 449 Å². The molecule has 0 spiro atoms. The number of nitrogens with one attached hydrogen (secondary N) is 12. The zero-order valence-corrected chi connectivity index (χ0v) is 44.0. The number of nitrogen functional groups attached to an aromatic ring is 2. The van der Waals surface area contributed by atoms with Crippen LogP contribution < -0.4 is 81.0 Å². The minimum atomic E-state index is -0.961. The highest BCUT2D eigenvalue weighted by molar-refractivity contribution is 7.99. The summed E-state index contributed by atoms with van der Waals surface area (Å²) < 4.78 is 0. The van der Waals surface area contributed by atoms with Gasteiger partial charge in [0.25, 0.3) is 0 Å². The van der Waals surface area contributed by atoms with Crippen molar-refractivity contribution in [2.75, 3.05) is 178 Å². The van der Waals surface area contributed by atoms with Gasteiger partial charge in [-0.1, -0.05) is 30.4 Å². The number of nitrogens with zero attached hydrogens (tertiary/aromatic N) is 18. The molecule has 38 heteroatoms. The van der Waals surface area contributed by atoms with Crippen LogP contribution in [-0.2, 0) is 4.79 Å². The van der Waals surface area contributed by atoms with E-state index in [1.54, 1.807) is 6.92 Å². The van der Waals surface area contributed by atoms with E-state index < -0.39 is 5.97 Å². The molecule has 6 rings (SSSR count). The van der Waals surface area contributed by atoms with E-state index >= 15 is 0 Å². The Balaban J connectivity index is 0.939. The lowest BCUT2D eigenvalue weighted by atomic mass is 10.4. The van der Waals surface area contributed by atoms with Gasteiger partial charge in [-0.25, -0.2) is 9.97 Å². The number of aryl methyl sites for hydroxylation is 1. The number of aliphatic carboxylic acids is 1. The first kappa shape index (κ1) is 57.0. The maximum atomic E-state index is 11.1. The molecular formula is C38H61N33O2S3. The Bertz CT molecular complexity index is 2710. The molecule has 0 radical (unpaired) electrons. The normalized spacial score (nSPS) is 10.8. The number of carbonyl (C=O) groups is 1. The van der Waals surface area contributed by atoms with Crippen LogP contribution in [0.3, 0.4) is 0 Å². The summed E-state index contributed by atoms with van der Waals surface area (Å²) in [5.41, 5.74) is 17.3. The number of anilines is 14. The van der Waals surface area contributed by atoms with Crippen LogP contribution in [0.2, 0.25) is 0 Å². The van der Waals surface area contributed by atoms with Crippen molar-refractivity contribution in [1.29, 1.82) is 0 Å². The Hall–Kier alpha value is -8.26. The molecule has 0 saturated heterocycles. The third-order valence-electron chi connectivity index (χ3n) is 8.95. The van der Waals surface area contributed by atoms with Gasteiger partial charge in [-0.05, 0) is 12.7 Å². The summed E-state index contributed by atoms with van der Waals surface area (Å²) in [7, 11) is 0. The fraction of sp³-hybridized carbons (Fsp3) is 0.500. The number of thiol groups is 1. The van der Waals surface area contributed by atoms with Gasteiger partial charge in [0, 0.05) is 96.6 Å². The van der Waals surface area contributed by atoms with Crippen molar-refractivity contribution in [2.24, 2.45) is 5.73 Å². The van der Waals surface area contributed by atoms with Gasteiger partial charge in [-0.3, -0.25) is 4.79 Å². The maximum absolute atomic E-state index is 11.1. The van der Waals surface area contributed by atoms with Gasteiger partial charge in [0.2, 0.25) is 83.3 Å². The summed E-state index contributed by atoms with van der Waals surface area (Å²) in [4.78, 5) is 89.2. The highest BCUT2D eigenvalue weighted by Crippen LogP contribution is 2.18. The van der Waals surface area contributed by atoms with Gasteiger partial charge in [0.05, 0.1) is 6.42 Å². The summed E-state index contributed by atoms with van der Waals surface area (Å²) in [5, 5.41) is 47.9. The fourth-order valence-corrected chi connectivity index (χ4v) is 7.12. The van der Waals surface area contributed by atoms with Gasteiger partial charge in [-0.2, -0.15) is 92.4 Å². The van der Waals surface area contributed by atoms with Crippen LogP contribution in [0.25, 0.3) is 0 Å². The highest BCUT2D eigenvalue weighted by atomic mass is 32.2. The van der Waals surface area contributed by atoms with Crippen molar-refractivity contribution in [3.8, 4) is 0 Å². The zero-order chi connectivity index (χ0) is 53.7. The van der Waals surface area contributed by atoms with Crippen molar-refractivity contribution >= 4 is 125 Å². The second-order valence-corrected chi connectivity index (χ2v) is 17.7. The van der Waals surface area contributed by atoms with Crippen molar-refractivity contribution in [2.45, 2.75) is 30.6 Å². The SMILES string of the molecule is CCSc1nc(N)nc(NCCNc2nc(NCCNc3nc(NCCS)nc(NCCNc4ncnc(NCCNc5nc(NCCNc6nc(C)nc(N)n6)nc(NCCC(=O)O)n5)n4)n3)nc(SCCN)n2)n1. The smallest absolute Gasteiger partial charge is 0.305 e. The van der Waals surface area contributed by atoms with Crippen molar-refractivity contribution in [1.82, 2.24) is 89.7 Å². The summed E-state index contributed by atoms with van der Waals surface area (Å²) >= 11 is 7.20. The van der Waals surface area contributed by atoms with Crippen LogP contribution in [0.1, 0.15) is 19.2 Å². The third-order valence-corrected chi connectivity index (χ3v) is 10.8. The van der Waals surface area contributed by atoms with Crippen molar-refractivity contribution in [3.63, 3.8) is 0 Å². The van der Waals surface area contributed by atoms with Crippen LogP contribution in [0, 0.1) is 6.92 Å². The van der Waals surface area contributed by atoms with E-state index in [-0.39, 0.29) is 42.7 Å². The average Bonchev–Trinajstić information content (AvgIpc) is 3.39. The molecule has 0 amide bonds. The molecule has 76 heavy (non-hydrogen) atoms. The Morgan fingerprint density at radius 1 is 0.461 bits per heavy atom. The van der Waals surface area contributed by atoms with E-state index in [0.717, 1.165) is 5.75 Å². The largest absolute Gasteiger partial charge is 0.481 e. The molecule has 0 aliphatic heterocycles. The molecule has 0 atom stereocenters. The topological polar surface area (TPSA) is 492 Å². The van der Waals surface area contributed by atoms with E-state index in [0.29, 0.717) is 160 Å². The number of aromatic nitrogens is 18. The van der Waals surface area contributed by atoms with Crippen LogP contribution in [0.5, 0.6) is 0 Å². The molecule has 19 N–H and O–H groups in total. The van der Waals surface area contributed by atoms with Gasteiger partial charge < -0.3 is 86.1 Å². The van der Waals surface area contributed by atoms with Crippen LogP contribution in [-0.4, -0.2) is 203 Å². The summed E-state index contributed by atoms with van der Waals surface area (Å²) in [6, 6.07) is 0. The predicted molar refractivity (Wildman–Crippen MR) is 297 cm³/mol. The van der Waals surface area contributed by atoms with Crippen LogP contribution in [0.15, 0.2) is 16.6 Å². The number of rotatable bonds is 37. The lowest BCUT2D eigenvalue weighted by molar-refractivity contribution is -0.136. The van der Waals surface area contributed by atoms with Gasteiger partial charge in [0.1, 0.15) is 12.2 Å². The molecule has 0 aromatic carbocycles. The quantitative estimate of drug-likeness (QED) is 0.0130. The molecule has 6 heterocycles. The number of carboxylic acid groups (broad SMARTS) is 1. The van der Waals surface area contributed by atoms with Crippen molar-refractivity contribution in [3.05, 3.63) is 12.2 Å². The number of carboxylic acids is 1. The van der Waals surface area contributed by atoms with Gasteiger partial charge >= 0.3 is 5.97 Å². The van der Waals surface area contributed by atoms with E-state index in [1.165, 1.54) is 29.9 Å². The molecular weight excluding hydrogens is 1050 g/mol. The average molecular weight is 1110 g/mol. The van der Waals surface area contributed by atoms with E-state index in [4.69, 9.17) is 22.3 Å². The first-order valence-corrected chi connectivity index (χ1v) is 26.2. The predicted octanol–water partition coefficient (Wildman–Crippen LogP) is -0.719. The summed E-state index contributed by atoms with van der Waals surface area (Å²) in [6.07, 6.45) is 1.26. The summed E-state index contributed by atoms with van der Waals surface area (Å²) in [6.45, 7) is 8.89. The second-order valence-electron chi connectivity index (χ2n) is 14.9. The molecule has 408 valence electrons. The molecule has 6 aromatic heterocycles. The molecule has 0 aliphatic carbocycles. The zero-order valence-electron chi connectivity index (χ0n) is 41.5. The van der Waals surface area contributed by atoms with E-state index in [2.05, 4.69) is 166 Å². The Kier molecular flexibility index (Phi) is 23.6. The van der Waals surface area contributed by atoms with Crippen LogP contribution in [0.4, 0.5) is 83.3 Å². The summed E-state index contributed by atoms with van der Waals surface area (Å²) in [5.74, 6) is 5.67. The Morgan fingerprint density at radius 2 is 0.789 bits per heavy atom. The van der Waals surface area contributed by atoms with Gasteiger partial charge in [-0.15, -0.1) is 0 Å². The number of thioether (sulfide) groups is 2. The molecule has 0 unspecified atom stereocenters. The van der Waals surface area contributed by atoms with Crippen molar-refractivity contribution < 1.29 is 9.90 Å². The number of nitrogens with two attached hydrogens (primary N) is 3. The van der Waals surface area contributed by atoms with E-state index in [1.807, 2.05) is 6.92 Å². The Morgan fingerprint density at radius 3 is 1.17 bits per heavy atom. The molecule has 6 aromatic rings. The second kappa shape index (κ2) is 31.5. The minimum Gasteiger partial charge on any atom is -0.481 e. The number of hydrogen-bond acceptors (Lipinski definition) is 37. The minimum absolute atomic E-state index is 0.111. The monoisotopic (exact) mass is 1110 g/mol. The lowest BCUT2D eigenvalue weighted by Crippen LogP contribution is -2.21. The molecule has 35 nitrogen and oxygen atoms in total. The van der Waals surface area contributed by atoms with E-state index in [9.17, 15) is 4.79 Å². The third kappa shape index (κ3) is 21.3. The maximum Gasteiger partial charge on any atom is 0.305 e. The highest BCUT2D eigenvalue weighted by Gasteiger charge is 2.12. The first-order chi connectivity index (χ1) is 37.0. The van der Waals surface area contributed by atoms with Crippen LogP contribution >= 0.6 is 36.2 Å². The fourth-order valence-electron chi connectivity index (χ4n) is 5.84. The van der Waals surface area contributed by atoms with Gasteiger partial charge in [0.15, 0.2) is 10.3 Å². The number of hydrogen-bond donors (Lipinski definition) is 17. The lowest BCUT2D eigenvalue weighted by Gasteiger charge is -2.13. The molecule has 0 aliphatic rings. The molecule has 0 fully saturated rings. The molecule has 0 saturated carbocycles. The molecule has 0 bridgehead atoms.